The third kappa shape index (κ3) is 32.0. The van der Waals surface area contributed by atoms with E-state index >= 15 is 13.2 Å². The van der Waals surface area contributed by atoms with Crippen molar-refractivity contribution in [3.63, 3.8) is 0 Å². The van der Waals surface area contributed by atoms with Crippen LogP contribution in [0, 0.1) is 18.6 Å². The predicted molar refractivity (Wildman–Crippen MR) is 388 cm³/mol. The normalized spacial score (nSPS) is 32.0. The average molecular weight is 2190 g/mol. The van der Waals surface area contributed by atoms with E-state index in [1.54, 1.807) is 0 Å². The van der Waals surface area contributed by atoms with E-state index in [1.165, 1.54) is 0 Å². The highest BCUT2D eigenvalue weighted by atomic mass is 32.1. The smallest absolute Gasteiger partial charge is 0.385 e. The minimum atomic E-state index is -6.37. The van der Waals surface area contributed by atoms with Gasteiger partial charge in [-0.15, -0.1) is 0 Å². The van der Waals surface area contributed by atoms with Crippen LogP contribution in [-0.4, -0.2) is 281 Å². The number of alkyl halides is 4. The number of ether oxygens (including phenoxy) is 4. The summed E-state index contributed by atoms with van der Waals surface area (Å²) in [7, 11) is -71.4. The van der Waals surface area contributed by atoms with Crippen molar-refractivity contribution < 1.29 is 290 Å². The minimum absolute atomic E-state index is 0.0251. The number of aromatic amines is 4. The number of halogens is 4. The van der Waals surface area contributed by atoms with Gasteiger partial charge in [0.1, 0.15) is 93.7 Å². The Kier molecular flexibility index (Phi) is 34.5. The van der Waals surface area contributed by atoms with Crippen molar-refractivity contribution in [3.8, 4) is 0 Å². The molecule has 0 spiro atoms. The van der Waals surface area contributed by atoms with Gasteiger partial charge in [0, 0.05) is 24.8 Å². The highest BCUT2D eigenvalue weighted by molar-refractivity contribution is 7.72. The molecule has 24 atom stereocenters. The third-order valence-corrected chi connectivity index (χ3v) is 29.9. The van der Waals surface area contributed by atoms with Crippen LogP contribution in [0.15, 0.2) is 44.0 Å². The van der Waals surface area contributed by atoms with Crippen LogP contribution in [-0.2, 0) is 126 Å². The van der Waals surface area contributed by atoms with E-state index in [0.717, 1.165) is 6.20 Å². The summed E-state index contributed by atoms with van der Waals surface area (Å²) in [5, 5.41) is 80.3. The number of phosphoric acid groups is 12. The molecule has 28 N–H and O–H groups in total. The van der Waals surface area contributed by atoms with Crippen LogP contribution >= 0.6 is 143 Å². The maximum absolute atomic E-state index is 15.5. The summed E-state index contributed by atoms with van der Waals surface area (Å²) in [6.07, 6.45) is -29.7. The first-order chi connectivity index (χ1) is 59.8. The molecule has 4 aliphatic heterocycles. The molecule has 8 rings (SSSR count). The van der Waals surface area contributed by atoms with Gasteiger partial charge in [0.25, 0.3) is 23.4 Å². The number of phosphoric ester groups is 4. The second-order valence-electron chi connectivity index (χ2n) is 23.1. The number of hydrogen-bond acceptors (Lipinski definition) is 48. The third-order valence-electron chi connectivity index (χ3n) is 13.7. The number of aliphatic hydroxyl groups is 8. The molecular weight excluding hydrogens is 2130 g/mol. The number of nitrogens with one attached hydrogen (secondary N) is 4. The lowest BCUT2D eigenvalue weighted by Gasteiger charge is -2.24. The van der Waals surface area contributed by atoms with Crippen LogP contribution < -0.4 is 22.8 Å². The monoisotopic (exact) mass is 2190 g/mol. The number of aldehydes is 4. The molecule has 88 heteroatoms. The molecule has 4 fully saturated rings. The van der Waals surface area contributed by atoms with E-state index in [2.05, 4.69) is 103 Å². The van der Waals surface area contributed by atoms with Gasteiger partial charge in [-0.05, 0) is 0 Å². The molecule has 128 heavy (non-hydrogen) atoms. The Morgan fingerprint density at radius 2 is 0.547 bits per heavy atom. The number of carbonyl (C=O) groups is 4. The van der Waals surface area contributed by atoms with Gasteiger partial charge >= 0.3 is 117 Å². The Morgan fingerprint density at radius 1 is 0.344 bits per heavy atom. The fourth-order valence-electron chi connectivity index (χ4n) is 8.74. The van der Waals surface area contributed by atoms with Crippen molar-refractivity contribution in [2.45, 2.75) is 97.1 Å². The Morgan fingerprint density at radius 3 is 0.812 bits per heavy atom. The maximum Gasteiger partial charge on any atom is 0.490 e. The van der Waals surface area contributed by atoms with Gasteiger partial charge in [0.05, 0.1) is 30.5 Å². The molecular formula is C40H56F4N8O60P12S4. The van der Waals surface area contributed by atoms with Gasteiger partial charge in [0.2, 0.25) is 0 Å². The summed E-state index contributed by atoms with van der Waals surface area (Å²) in [6.45, 7) is -12.5. The molecule has 4 aliphatic rings. The predicted octanol–water partition coefficient (Wildman–Crippen LogP) is -4.09. The van der Waals surface area contributed by atoms with Crippen molar-refractivity contribution in [3.05, 3.63) is 108 Å². The quantitative estimate of drug-likeness (QED) is 0.00891. The number of hydrogen-bond donors (Lipinski definition) is 28. The van der Waals surface area contributed by atoms with Crippen LogP contribution in [0.25, 0.3) is 0 Å². The van der Waals surface area contributed by atoms with Crippen molar-refractivity contribution in [2.75, 3.05) is 26.3 Å². The zero-order valence-electron chi connectivity index (χ0n) is 65.5. The van der Waals surface area contributed by atoms with Crippen LogP contribution in [0.1, 0.15) is 74.5 Å². The van der Waals surface area contributed by atoms with E-state index in [4.69, 9.17) is 83.9 Å². The number of rotatable bonds is 36. The Hall–Kier alpha value is -4.04. The second kappa shape index (κ2) is 42.3. The van der Waals surface area contributed by atoms with Crippen molar-refractivity contribution in [1.82, 2.24) is 38.2 Å². The summed E-state index contributed by atoms with van der Waals surface area (Å²) in [5.41, 5.74) is -6.65. The standard InChI is InChI=1S/4C10H14FN2O15P3S/c4*11-10(3-25-30(21,22)28-31(23,24)27-29(18,19)20)6(16)5(15)8(26-10)13-1-4(2-14)7(32)12-9(13)17/h4*1-2,5-6,8,15-16H,3H2,(H,21,22)(H,23,24)(H,12,17,32)(H2,18,19,20)/t4*5-,6+,8-,10-/m1111/s1/i3D2,8D;8D;3D2;. The van der Waals surface area contributed by atoms with Gasteiger partial charge in [-0.25, -0.2) is 91.5 Å². The average Bonchev–Trinajstić information content (AvgIpc) is 1.55. The van der Waals surface area contributed by atoms with E-state index in [0.29, 0.717) is 23.2 Å². The summed E-state index contributed by atoms with van der Waals surface area (Å²) in [4.78, 5) is 242. The van der Waals surface area contributed by atoms with Gasteiger partial charge in [-0.3, -0.25) is 75.5 Å². The Labute approximate surface area is 724 Å². The van der Waals surface area contributed by atoms with Gasteiger partial charge in [-0.2, -0.15) is 34.5 Å². The molecule has 0 bridgehead atoms. The van der Waals surface area contributed by atoms with E-state index in [1.807, 2.05) is 19.9 Å². The summed E-state index contributed by atoms with van der Waals surface area (Å²) in [6, 6.07) is 0. The number of aliphatic hydroxyl groups excluding tert-OH is 8. The summed E-state index contributed by atoms with van der Waals surface area (Å²) >= 11 is 18.7. The lowest BCUT2D eigenvalue weighted by atomic mass is 10.1. The zero-order valence-corrected chi connectivity index (χ0v) is 73.5. The van der Waals surface area contributed by atoms with Crippen LogP contribution in [0.4, 0.5) is 17.6 Å². The molecule has 0 aromatic carbocycles. The molecule has 8 heterocycles. The molecule has 0 saturated carbocycles. The van der Waals surface area contributed by atoms with Crippen molar-refractivity contribution in [1.29, 1.82) is 0 Å². The fraction of sp³-hybridized carbons (Fsp3) is 0.500. The Balaban J connectivity index is 0.000000316. The Bertz CT molecular complexity index is 6360. The van der Waals surface area contributed by atoms with E-state index in [9.17, 15) is 158 Å². The molecule has 0 aliphatic carbocycles. The molecule has 4 aromatic heterocycles. The second-order valence-corrected chi connectivity index (χ2v) is 42.3. The molecule has 728 valence electrons. The van der Waals surface area contributed by atoms with Crippen LogP contribution in [0.3, 0.4) is 0 Å². The molecule has 0 amide bonds. The number of carbonyl (C=O) groups excluding carboxylic acids is 4. The number of aromatic nitrogens is 8. The highest BCUT2D eigenvalue weighted by Gasteiger charge is 2.62. The molecule has 4 aromatic rings. The highest BCUT2D eigenvalue weighted by Crippen LogP contribution is 2.70. The minimum Gasteiger partial charge on any atom is -0.385 e. The maximum atomic E-state index is 15.5. The van der Waals surface area contributed by atoms with Crippen LogP contribution in [0.5, 0.6) is 0 Å². The first-order valence-corrected chi connectivity index (χ1v) is 50.0. The molecule has 68 nitrogen and oxygen atoms in total. The lowest BCUT2D eigenvalue weighted by molar-refractivity contribution is -0.205. The lowest BCUT2D eigenvalue weighted by Crippen LogP contribution is -2.43. The summed E-state index contributed by atoms with van der Waals surface area (Å²) < 4.78 is 302. The number of nitrogens with zero attached hydrogens (tertiary/aromatic N) is 4. The molecule has 0 radical (unpaired) electrons. The largest absolute Gasteiger partial charge is 0.490 e. The van der Waals surface area contributed by atoms with Crippen molar-refractivity contribution in [2.24, 2.45) is 0 Å². The van der Waals surface area contributed by atoms with E-state index in [-0.39, 0.29) is 63.9 Å². The SMILES string of the molecule is O=Cc1cn([C@@H]2O[C@](F)(COP(=O)(O)OP(=O)(O)OP(=O)(O)O)[C@@H](O)[C@H]2O)c(=O)[nH]c1=S.[2H]C([2H])(OP(=O)(O)OP(=O)(O)OP(=O)(O)O)[C@@]1(F)O[C@@H](n2cc(C=O)c(=S)[nH]c2=O)[C@H](O)[C@@H]1O.[2H]C([2H])(OP(=O)(O)OP(=O)(O)OP(=O)(O)O)[C@@]1(F)O[C@@]([2H])(n2cc(C=O)c(=S)[nH]c2=O)[C@H](O)[C@@H]1O.[2H][C@@]1(n2cc(C=O)c(=S)[nH]c2=O)O[C@](F)(COP(=O)(O)OP(=O)(O)OP(=O)(O)O)[C@@H](O)[C@H]1O. The van der Waals surface area contributed by atoms with Crippen molar-refractivity contribution >= 4 is 168 Å². The molecule has 8 unspecified atom stereocenters. The number of H-pyrrole nitrogens is 4. The first-order valence-electron chi connectivity index (χ1n) is 33.3. The van der Waals surface area contributed by atoms with Gasteiger partial charge in [-0.1, -0.05) is 48.9 Å². The topological polar surface area (TPSA) is 1060 Å². The van der Waals surface area contributed by atoms with Gasteiger partial charge in [0.15, 0.2) is 50.0 Å². The van der Waals surface area contributed by atoms with E-state index < -0.39 is 256 Å². The van der Waals surface area contributed by atoms with Crippen LogP contribution in [0.2, 0.25) is 0 Å². The first kappa shape index (κ1) is 104. The van der Waals surface area contributed by atoms with Gasteiger partial charge < -0.3 is 138 Å². The molecule has 4 saturated heterocycles. The zero-order chi connectivity index (χ0) is 104. The fourth-order valence-corrected chi connectivity index (χ4v) is 21.3. The summed E-state index contributed by atoms with van der Waals surface area (Å²) in [5.74, 6) is -16.1.